The number of nitrogens with zero attached hydrogens (tertiary/aromatic N) is 5. The van der Waals surface area contributed by atoms with E-state index < -0.39 is 0 Å². The lowest BCUT2D eigenvalue weighted by molar-refractivity contribution is -0.115. The van der Waals surface area contributed by atoms with Gasteiger partial charge >= 0.3 is 0 Å². The lowest BCUT2D eigenvalue weighted by Crippen LogP contribution is -2.52. The van der Waals surface area contributed by atoms with Gasteiger partial charge in [-0.2, -0.15) is 0 Å². The zero-order valence-electron chi connectivity index (χ0n) is 23.0. The molecule has 0 aliphatic carbocycles. The zero-order valence-corrected chi connectivity index (χ0v) is 23.0. The minimum atomic E-state index is -0.0963. The molecular formula is C30H35N7O3. The Labute approximate surface area is 234 Å². The molecule has 0 unspecified atom stereocenters. The zero-order chi connectivity index (χ0) is 27.6. The lowest BCUT2D eigenvalue weighted by Gasteiger charge is -2.42. The van der Waals surface area contributed by atoms with Crippen LogP contribution in [0, 0.1) is 0 Å². The highest BCUT2D eigenvalue weighted by molar-refractivity contribution is 6.00. The fourth-order valence-electron chi connectivity index (χ4n) is 5.85. The molecule has 2 amide bonds. The second-order valence-corrected chi connectivity index (χ2v) is 10.7. The van der Waals surface area contributed by atoms with Crippen molar-refractivity contribution >= 4 is 29.1 Å². The molecule has 0 atom stereocenters. The summed E-state index contributed by atoms with van der Waals surface area (Å²) < 4.78 is 5.65. The van der Waals surface area contributed by atoms with Crippen LogP contribution in [0.2, 0.25) is 0 Å². The normalized spacial score (nSPS) is 18.4. The molecule has 0 spiro atoms. The molecule has 0 bridgehead atoms. The topological polar surface area (TPSA) is 103 Å². The molecule has 2 aromatic carbocycles. The Hall–Kier alpha value is -4.02. The SMILES string of the molecule is COc1cc(C(=O)N2CCC(N3CCN(C)CC3)CC2)ccc1Nc1ncc2c(n1)-c1ccccc1NC(=O)C2. The first kappa shape index (κ1) is 26.2. The monoisotopic (exact) mass is 541 g/mol. The molecule has 10 nitrogen and oxygen atoms in total. The van der Waals surface area contributed by atoms with Gasteiger partial charge in [0, 0.05) is 68.2 Å². The predicted octanol–water partition coefficient (Wildman–Crippen LogP) is 3.24. The van der Waals surface area contributed by atoms with E-state index in [1.165, 1.54) is 0 Å². The molecule has 3 aromatic rings. The number of fused-ring (bicyclic) bond motifs is 3. The van der Waals surface area contributed by atoms with Gasteiger partial charge in [-0.25, -0.2) is 9.97 Å². The van der Waals surface area contributed by atoms with E-state index >= 15 is 0 Å². The van der Waals surface area contributed by atoms with Gasteiger partial charge < -0.3 is 25.2 Å². The van der Waals surface area contributed by atoms with Gasteiger partial charge in [-0.3, -0.25) is 14.5 Å². The molecule has 2 saturated heterocycles. The molecule has 3 aliphatic heterocycles. The van der Waals surface area contributed by atoms with E-state index in [1.54, 1.807) is 19.4 Å². The van der Waals surface area contributed by atoms with Crippen molar-refractivity contribution in [3.05, 3.63) is 59.8 Å². The van der Waals surface area contributed by atoms with Crippen molar-refractivity contribution in [3.8, 4) is 17.0 Å². The van der Waals surface area contributed by atoms with Gasteiger partial charge in [-0.05, 0) is 44.2 Å². The van der Waals surface area contributed by atoms with Gasteiger partial charge in [-0.1, -0.05) is 18.2 Å². The number of likely N-dealkylation sites (N-methyl/N-ethyl adjacent to an activating group) is 1. The number of carbonyl (C=O) groups is 2. The summed E-state index contributed by atoms with van der Waals surface area (Å²) in [5.41, 5.74) is 4.29. The van der Waals surface area contributed by atoms with Crippen LogP contribution < -0.4 is 15.4 Å². The van der Waals surface area contributed by atoms with Crippen molar-refractivity contribution in [1.82, 2.24) is 24.7 Å². The highest BCUT2D eigenvalue weighted by Crippen LogP contribution is 2.34. The Balaban J connectivity index is 1.16. The van der Waals surface area contributed by atoms with Crippen LogP contribution in [-0.4, -0.2) is 95.9 Å². The number of amides is 2. The second-order valence-electron chi connectivity index (χ2n) is 10.7. The highest BCUT2D eigenvalue weighted by Gasteiger charge is 2.29. The van der Waals surface area contributed by atoms with Crippen molar-refractivity contribution in [3.63, 3.8) is 0 Å². The average Bonchev–Trinajstić information content (AvgIpc) is 3.12. The number of nitrogens with one attached hydrogen (secondary N) is 2. The van der Waals surface area contributed by atoms with Crippen LogP contribution in [-0.2, 0) is 11.2 Å². The van der Waals surface area contributed by atoms with Crippen molar-refractivity contribution < 1.29 is 14.3 Å². The number of benzene rings is 2. The maximum absolute atomic E-state index is 13.4. The number of para-hydroxylation sites is 1. The molecular weight excluding hydrogens is 506 g/mol. The van der Waals surface area contributed by atoms with Crippen molar-refractivity contribution in [1.29, 1.82) is 0 Å². The predicted molar refractivity (Wildman–Crippen MR) is 154 cm³/mol. The van der Waals surface area contributed by atoms with Crippen LogP contribution in [0.15, 0.2) is 48.7 Å². The molecule has 2 N–H and O–H groups in total. The Morgan fingerprint density at radius 3 is 2.60 bits per heavy atom. The Bertz CT molecular complexity index is 1410. The summed E-state index contributed by atoms with van der Waals surface area (Å²) in [6.07, 6.45) is 3.90. The number of likely N-dealkylation sites (tertiary alicyclic amines) is 1. The van der Waals surface area contributed by atoms with Crippen LogP contribution in [0.4, 0.5) is 17.3 Å². The average molecular weight is 542 g/mol. The minimum Gasteiger partial charge on any atom is -0.495 e. The first-order valence-electron chi connectivity index (χ1n) is 13.9. The van der Waals surface area contributed by atoms with E-state index in [-0.39, 0.29) is 18.2 Å². The van der Waals surface area contributed by atoms with E-state index in [0.717, 1.165) is 68.9 Å². The quantitative estimate of drug-likeness (QED) is 0.508. The van der Waals surface area contributed by atoms with Gasteiger partial charge in [-0.15, -0.1) is 0 Å². The summed E-state index contributed by atoms with van der Waals surface area (Å²) in [6.45, 7) is 5.96. The second kappa shape index (κ2) is 11.2. The number of rotatable bonds is 5. The first-order chi connectivity index (χ1) is 19.5. The summed E-state index contributed by atoms with van der Waals surface area (Å²) >= 11 is 0. The van der Waals surface area contributed by atoms with Crippen molar-refractivity contribution in [2.45, 2.75) is 25.3 Å². The van der Waals surface area contributed by atoms with Crippen LogP contribution in [0.1, 0.15) is 28.8 Å². The summed E-state index contributed by atoms with van der Waals surface area (Å²) in [5, 5.41) is 6.17. The number of ether oxygens (including phenoxy) is 1. The van der Waals surface area contributed by atoms with Crippen molar-refractivity contribution in [2.24, 2.45) is 0 Å². The van der Waals surface area contributed by atoms with Crippen LogP contribution >= 0.6 is 0 Å². The lowest BCUT2D eigenvalue weighted by atomic mass is 10.0. The number of anilines is 3. The maximum atomic E-state index is 13.4. The molecule has 0 saturated carbocycles. The Morgan fingerprint density at radius 2 is 1.82 bits per heavy atom. The van der Waals surface area contributed by atoms with E-state index in [2.05, 4.69) is 32.5 Å². The molecule has 1 aromatic heterocycles. The van der Waals surface area contributed by atoms with E-state index in [0.29, 0.717) is 34.7 Å². The smallest absolute Gasteiger partial charge is 0.253 e. The van der Waals surface area contributed by atoms with E-state index in [1.807, 2.05) is 41.3 Å². The van der Waals surface area contributed by atoms with Gasteiger partial charge in [0.2, 0.25) is 11.9 Å². The van der Waals surface area contributed by atoms with Crippen LogP contribution in [0.25, 0.3) is 11.3 Å². The third kappa shape index (κ3) is 5.37. The number of piperidine rings is 1. The Morgan fingerprint density at radius 1 is 1.05 bits per heavy atom. The first-order valence-corrected chi connectivity index (χ1v) is 13.9. The number of hydrogen-bond acceptors (Lipinski definition) is 8. The molecule has 0 radical (unpaired) electrons. The summed E-state index contributed by atoms with van der Waals surface area (Å²) in [6, 6.07) is 13.6. The molecule has 10 heteroatoms. The van der Waals surface area contributed by atoms with E-state index in [9.17, 15) is 9.59 Å². The van der Waals surface area contributed by atoms with Gasteiger partial charge in [0.25, 0.3) is 5.91 Å². The van der Waals surface area contributed by atoms with Crippen LogP contribution in [0.5, 0.6) is 5.75 Å². The third-order valence-corrected chi connectivity index (χ3v) is 8.17. The molecule has 6 rings (SSSR count). The van der Waals surface area contributed by atoms with Gasteiger partial charge in [0.05, 0.1) is 30.6 Å². The number of aromatic nitrogens is 2. The molecule has 40 heavy (non-hydrogen) atoms. The highest BCUT2D eigenvalue weighted by atomic mass is 16.5. The maximum Gasteiger partial charge on any atom is 0.253 e. The standard InChI is InChI=1S/C30H35N7O3/c1-35-13-15-36(16-14-35)22-9-11-37(12-10-22)29(39)20-7-8-25(26(17-20)40-2)33-30-31-19-21-18-27(38)32-24-6-4-3-5-23(24)28(21)34-30/h3-8,17,19,22H,9-16,18H2,1-2H3,(H,32,38)(H,31,33,34). The summed E-state index contributed by atoms with van der Waals surface area (Å²) in [5.74, 6) is 0.845. The van der Waals surface area contributed by atoms with Gasteiger partial charge in [0.15, 0.2) is 0 Å². The molecule has 208 valence electrons. The Kier molecular flexibility index (Phi) is 7.36. The largest absolute Gasteiger partial charge is 0.495 e. The number of piperazine rings is 1. The minimum absolute atomic E-state index is 0.0248. The fraction of sp³-hybridized carbons (Fsp3) is 0.400. The van der Waals surface area contributed by atoms with Gasteiger partial charge in [0.1, 0.15) is 5.75 Å². The number of carbonyl (C=O) groups excluding carboxylic acids is 2. The molecule has 3 aliphatic rings. The third-order valence-electron chi connectivity index (χ3n) is 8.17. The summed E-state index contributed by atoms with van der Waals surface area (Å²) in [7, 11) is 3.76. The van der Waals surface area contributed by atoms with E-state index in [4.69, 9.17) is 9.72 Å². The molecule has 2 fully saturated rings. The number of hydrogen-bond donors (Lipinski definition) is 2. The van der Waals surface area contributed by atoms with Crippen molar-refractivity contribution in [2.75, 3.05) is 64.1 Å². The number of methoxy groups -OCH3 is 1. The fourth-order valence-corrected chi connectivity index (χ4v) is 5.85. The summed E-state index contributed by atoms with van der Waals surface area (Å²) in [4.78, 5) is 41.8. The van der Waals surface area contributed by atoms with Crippen LogP contribution in [0.3, 0.4) is 0 Å². The molecule has 4 heterocycles.